The van der Waals surface area contributed by atoms with Crippen LogP contribution in [0.2, 0.25) is 0 Å². The molecule has 3 aliphatic heterocycles. The minimum absolute atomic E-state index is 0.103. The van der Waals surface area contributed by atoms with Gasteiger partial charge in [0.1, 0.15) is 30.0 Å². The number of esters is 2. The average Bonchev–Trinajstić information content (AvgIpc) is 3.17. The second-order valence-electron chi connectivity index (χ2n) is 9.06. The van der Waals surface area contributed by atoms with Gasteiger partial charge in [0.25, 0.3) is 0 Å². The molecule has 3 heterocycles. The maximum Gasteiger partial charge on any atom is 0.313 e. The number of rotatable bonds is 2. The van der Waals surface area contributed by atoms with E-state index in [0.29, 0.717) is 5.57 Å². The average molecular weight is 380 g/mol. The molecule has 11 atom stereocenters. The zero-order valence-corrected chi connectivity index (χ0v) is 15.4. The van der Waals surface area contributed by atoms with E-state index in [1.165, 1.54) is 6.92 Å². The van der Waals surface area contributed by atoms with Crippen LogP contribution in [0, 0.1) is 23.2 Å². The van der Waals surface area contributed by atoms with Crippen LogP contribution in [0.25, 0.3) is 0 Å². The first kappa shape index (κ1) is 17.6. The van der Waals surface area contributed by atoms with Gasteiger partial charge in [-0.15, -0.1) is 0 Å². The molecule has 2 saturated carbocycles. The van der Waals surface area contributed by atoms with Crippen LogP contribution in [0.5, 0.6) is 0 Å². The van der Waals surface area contributed by atoms with Gasteiger partial charge in [-0.2, -0.15) is 0 Å². The van der Waals surface area contributed by atoms with Crippen molar-refractivity contribution >= 4 is 11.9 Å². The Morgan fingerprint density at radius 2 is 1.96 bits per heavy atom. The molecule has 0 amide bonds. The largest absolute Gasteiger partial charge is 0.459 e. The predicted molar refractivity (Wildman–Crippen MR) is 88.0 cm³/mol. The summed E-state index contributed by atoms with van der Waals surface area (Å²) < 4.78 is 16.9. The molecule has 0 aromatic carbocycles. The Kier molecular flexibility index (Phi) is 3.09. The zero-order chi connectivity index (χ0) is 19.7. The highest BCUT2D eigenvalue weighted by atomic mass is 16.7. The highest BCUT2D eigenvalue weighted by Crippen LogP contribution is 2.75. The maximum absolute atomic E-state index is 12.7. The van der Waals surface area contributed by atoms with Crippen molar-refractivity contribution < 1.29 is 39.1 Å². The molecule has 148 valence electrons. The van der Waals surface area contributed by atoms with Gasteiger partial charge in [0.05, 0.1) is 23.4 Å². The van der Waals surface area contributed by atoms with E-state index in [2.05, 4.69) is 6.58 Å². The molecule has 0 aromatic heterocycles. The summed E-state index contributed by atoms with van der Waals surface area (Å²) in [6, 6.07) is 0. The number of carbonyl (C=O) groups excluding carboxylic acids is 2. The third-order valence-electron chi connectivity index (χ3n) is 7.95. The molecule has 5 aliphatic rings. The van der Waals surface area contributed by atoms with Crippen molar-refractivity contribution in [1.29, 1.82) is 0 Å². The fourth-order valence-corrected chi connectivity index (χ4v) is 6.51. The molecule has 27 heavy (non-hydrogen) atoms. The Morgan fingerprint density at radius 3 is 2.52 bits per heavy atom. The third-order valence-corrected chi connectivity index (χ3v) is 7.95. The molecule has 2 bridgehead atoms. The minimum Gasteiger partial charge on any atom is -0.459 e. The van der Waals surface area contributed by atoms with Gasteiger partial charge in [0, 0.05) is 12.3 Å². The van der Waals surface area contributed by atoms with Crippen molar-refractivity contribution in [2.45, 2.75) is 68.9 Å². The summed E-state index contributed by atoms with van der Waals surface area (Å²) in [5, 5.41) is 33.2. The van der Waals surface area contributed by atoms with E-state index in [1.54, 1.807) is 13.8 Å². The van der Waals surface area contributed by atoms with Crippen LogP contribution in [0.4, 0.5) is 0 Å². The molecule has 8 nitrogen and oxygen atoms in total. The molecule has 5 fully saturated rings. The molecule has 0 aromatic rings. The standard InChI is InChI=1S/C19H24O8/c1-6(2)9-10-16(23)25-11(9)12(21)17(4)18(13-14(26-13)19(10,17)24)5-8(7(3)20)15(22)27-18/h7-14,20-21,24H,1,5H2,2-4H3/t7-,8+,9-,10+,11+,12+,13+,14-,17-,18+,19-/m0/s1. The molecular weight excluding hydrogens is 356 g/mol. The maximum atomic E-state index is 12.7. The molecule has 2 aliphatic carbocycles. The first-order valence-electron chi connectivity index (χ1n) is 9.35. The lowest BCUT2D eigenvalue weighted by Gasteiger charge is -2.57. The first-order chi connectivity index (χ1) is 12.5. The van der Waals surface area contributed by atoms with Crippen molar-refractivity contribution in [2.24, 2.45) is 23.2 Å². The van der Waals surface area contributed by atoms with Crippen molar-refractivity contribution in [3.05, 3.63) is 12.2 Å². The van der Waals surface area contributed by atoms with Gasteiger partial charge < -0.3 is 29.5 Å². The summed E-state index contributed by atoms with van der Waals surface area (Å²) in [6.07, 6.45) is -4.37. The van der Waals surface area contributed by atoms with Crippen LogP contribution in [0.3, 0.4) is 0 Å². The van der Waals surface area contributed by atoms with Gasteiger partial charge in [-0.3, -0.25) is 9.59 Å². The normalized spacial score (nSPS) is 58.5. The second-order valence-corrected chi connectivity index (χ2v) is 9.06. The quantitative estimate of drug-likeness (QED) is 0.326. The van der Waals surface area contributed by atoms with E-state index in [4.69, 9.17) is 14.2 Å². The predicted octanol–water partition coefficient (Wildman–Crippen LogP) is -0.704. The first-order valence-corrected chi connectivity index (χ1v) is 9.35. The van der Waals surface area contributed by atoms with E-state index < -0.39 is 76.8 Å². The third kappa shape index (κ3) is 1.59. The number of ether oxygens (including phenoxy) is 3. The van der Waals surface area contributed by atoms with Crippen LogP contribution in [0.1, 0.15) is 27.2 Å². The Hall–Kier alpha value is -1.48. The second kappa shape index (κ2) is 4.74. The molecule has 1 spiro atoms. The lowest BCUT2D eigenvalue weighted by atomic mass is 9.50. The van der Waals surface area contributed by atoms with Crippen LogP contribution in [-0.4, -0.2) is 69.0 Å². The summed E-state index contributed by atoms with van der Waals surface area (Å²) in [4.78, 5) is 25.1. The van der Waals surface area contributed by atoms with Crippen molar-refractivity contribution in [3.63, 3.8) is 0 Å². The van der Waals surface area contributed by atoms with Crippen LogP contribution in [0.15, 0.2) is 12.2 Å². The van der Waals surface area contributed by atoms with Crippen molar-refractivity contribution in [1.82, 2.24) is 0 Å². The smallest absolute Gasteiger partial charge is 0.313 e. The number of aliphatic hydroxyl groups excluding tert-OH is 2. The SMILES string of the molecule is C=C(C)[C@@H]1[C@H]2OC(=O)[C@@H]1[C@]1(O)[C@H]3O[C@H]3[C@]3(C[C@H]([C@H](C)O)C(=O)O3)[C@]1(C)[C@@H]2O. The van der Waals surface area contributed by atoms with Gasteiger partial charge in [0.2, 0.25) is 0 Å². The van der Waals surface area contributed by atoms with Crippen LogP contribution < -0.4 is 0 Å². The number of epoxide rings is 1. The van der Waals surface area contributed by atoms with E-state index >= 15 is 0 Å². The fourth-order valence-electron chi connectivity index (χ4n) is 6.51. The summed E-state index contributed by atoms with van der Waals surface area (Å²) >= 11 is 0. The minimum atomic E-state index is -1.77. The Bertz CT molecular complexity index is 778. The highest BCUT2D eigenvalue weighted by Gasteiger charge is 2.93. The molecule has 0 radical (unpaired) electrons. The lowest BCUT2D eigenvalue weighted by molar-refractivity contribution is -0.272. The van der Waals surface area contributed by atoms with Gasteiger partial charge in [0.15, 0.2) is 5.60 Å². The van der Waals surface area contributed by atoms with E-state index in [-0.39, 0.29) is 6.42 Å². The van der Waals surface area contributed by atoms with Gasteiger partial charge in [-0.05, 0) is 13.8 Å². The number of fused-ring (bicyclic) bond motifs is 8. The summed E-state index contributed by atoms with van der Waals surface area (Å²) in [5.74, 6) is -3.46. The van der Waals surface area contributed by atoms with E-state index in [1.807, 2.05) is 0 Å². The zero-order valence-electron chi connectivity index (χ0n) is 15.4. The van der Waals surface area contributed by atoms with Crippen LogP contribution in [-0.2, 0) is 23.8 Å². The van der Waals surface area contributed by atoms with Gasteiger partial charge in [-0.1, -0.05) is 19.1 Å². The van der Waals surface area contributed by atoms with E-state index in [0.717, 1.165) is 0 Å². The Labute approximate surface area is 156 Å². The molecule has 3 N–H and O–H groups in total. The Balaban J connectivity index is 1.69. The summed E-state index contributed by atoms with van der Waals surface area (Å²) in [7, 11) is 0. The summed E-state index contributed by atoms with van der Waals surface area (Å²) in [5.41, 5.74) is -3.83. The number of carbonyl (C=O) groups is 2. The van der Waals surface area contributed by atoms with Crippen molar-refractivity contribution in [2.75, 3.05) is 0 Å². The number of hydrogen-bond acceptors (Lipinski definition) is 8. The van der Waals surface area contributed by atoms with Gasteiger partial charge >= 0.3 is 11.9 Å². The van der Waals surface area contributed by atoms with Crippen molar-refractivity contribution in [3.8, 4) is 0 Å². The lowest BCUT2D eigenvalue weighted by Crippen LogP contribution is -2.72. The number of aliphatic hydroxyl groups is 3. The fraction of sp³-hybridized carbons (Fsp3) is 0.789. The molecule has 3 saturated heterocycles. The highest BCUT2D eigenvalue weighted by molar-refractivity contribution is 5.81. The van der Waals surface area contributed by atoms with Gasteiger partial charge in [-0.25, -0.2) is 0 Å². The molecular formula is C19H24O8. The van der Waals surface area contributed by atoms with Crippen LogP contribution >= 0.6 is 0 Å². The number of hydrogen-bond donors (Lipinski definition) is 3. The monoisotopic (exact) mass is 380 g/mol. The molecule has 0 unspecified atom stereocenters. The topological polar surface area (TPSA) is 126 Å². The Morgan fingerprint density at radius 1 is 1.30 bits per heavy atom. The molecule has 5 rings (SSSR count). The van der Waals surface area contributed by atoms with E-state index in [9.17, 15) is 24.9 Å². The summed E-state index contributed by atoms with van der Waals surface area (Å²) in [6.45, 7) is 8.80. The molecule has 8 heteroatoms.